The standard InChI is InChI=1S/C33H31ClF3NO3.ClH/c1-40-32(39)26-15-8-17-28(21-26)41-20-10-19-38(22-27-16-9-18-30(31(27)34)33(35,36)37)23-29(24-11-4-2-5-12-24)25-13-6-3-7-14-25;/h2-9,11-18,21,29H,10,19-20,22-23H2,1H3;1H. The van der Waals surface area contributed by atoms with Crippen LogP contribution in [0.2, 0.25) is 5.02 Å². The van der Waals surface area contributed by atoms with Gasteiger partial charge in [0.1, 0.15) is 5.75 Å². The van der Waals surface area contributed by atoms with Crippen LogP contribution in [0.1, 0.15) is 45.0 Å². The highest BCUT2D eigenvalue weighted by Crippen LogP contribution is 2.37. The van der Waals surface area contributed by atoms with Crippen LogP contribution in [0.5, 0.6) is 5.75 Å². The van der Waals surface area contributed by atoms with Gasteiger partial charge in [0.05, 0.1) is 29.9 Å². The summed E-state index contributed by atoms with van der Waals surface area (Å²) in [4.78, 5) is 14.0. The second kappa shape index (κ2) is 15.6. The second-order valence-electron chi connectivity index (χ2n) is 9.61. The number of esters is 1. The smallest absolute Gasteiger partial charge is 0.417 e. The lowest BCUT2D eigenvalue weighted by atomic mass is 9.90. The number of halogens is 5. The summed E-state index contributed by atoms with van der Waals surface area (Å²) >= 11 is 6.29. The van der Waals surface area contributed by atoms with E-state index in [4.69, 9.17) is 21.1 Å². The first kappa shape index (κ1) is 33.0. The van der Waals surface area contributed by atoms with E-state index in [-0.39, 0.29) is 29.9 Å². The van der Waals surface area contributed by atoms with Crippen LogP contribution in [-0.4, -0.2) is 37.7 Å². The van der Waals surface area contributed by atoms with E-state index in [1.807, 2.05) is 36.4 Å². The number of benzene rings is 4. The molecule has 0 spiro atoms. The van der Waals surface area contributed by atoms with Crippen molar-refractivity contribution in [2.24, 2.45) is 0 Å². The fourth-order valence-electron chi connectivity index (χ4n) is 4.74. The third kappa shape index (κ3) is 8.99. The third-order valence-electron chi connectivity index (χ3n) is 6.77. The topological polar surface area (TPSA) is 38.8 Å². The molecule has 4 rings (SSSR count). The molecule has 4 aromatic carbocycles. The lowest BCUT2D eigenvalue weighted by Crippen LogP contribution is -2.31. The van der Waals surface area contributed by atoms with E-state index in [2.05, 4.69) is 29.2 Å². The largest absolute Gasteiger partial charge is 0.494 e. The third-order valence-corrected chi connectivity index (χ3v) is 7.21. The molecule has 0 amide bonds. The maximum Gasteiger partial charge on any atom is 0.417 e. The lowest BCUT2D eigenvalue weighted by Gasteiger charge is -2.29. The molecule has 0 aliphatic rings. The van der Waals surface area contributed by atoms with Crippen LogP contribution in [0.3, 0.4) is 0 Å². The molecule has 0 aromatic heterocycles. The van der Waals surface area contributed by atoms with Gasteiger partial charge in [0.2, 0.25) is 0 Å². The zero-order valence-corrected chi connectivity index (χ0v) is 24.6. The average Bonchev–Trinajstić information content (AvgIpc) is 2.98. The lowest BCUT2D eigenvalue weighted by molar-refractivity contribution is -0.137. The second-order valence-corrected chi connectivity index (χ2v) is 9.98. The molecular formula is C33H32Cl2F3NO3. The molecule has 0 aliphatic heterocycles. The fourth-order valence-corrected chi connectivity index (χ4v) is 5.03. The zero-order valence-electron chi connectivity index (χ0n) is 23.0. The van der Waals surface area contributed by atoms with Crippen molar-refractivity contribution < 1.29 is 27.4 Å². The van der Waals surface area contributed by atoms with Gasteiger partial charge in [-0.1, -0.05) is 90.5 Å². The molecule has 0 radical (unpaired) electrons. The number of alkyl halides is 3. The average molecular weight is 619 g/mol. The molecule has 0 saturated carbocycles. The maximum absolute atomic E-state index is 13.6. The number of carbonyl (C=O) groups is 1. The highest BCUT2D eigenvalue weighted by atomic mass is 35.5. The Kier molecular flexibility index (Phi) is 12.3. The molecule has 42 heavy (non-hydrogen) atoms. The van der Waals surface area contributed by atoms with Crippen LogP contribution in [0.4, 0.5) is 13.2 Å². The maximum atomic E-state index is 13.6. The van der Waals surface area contributed by atoms with Crippen molar-refractivity contribution >= 4 is 30.0 Å². The molecule has 4 nitrogen and oxygen atoms in total. The van der Waals surface area contributed by atoms with Gasteiger partial charge in [-0.05, 0) is 47.4 Å². The summed E-state index contributed by atoms with van der Waals surface area (Å²) in [6, 6.07) is 30.9. The number of ether oxygens (including phenoxy) is 2. The van der Waals surface area contributed by atoms with Gasteiger partial charge in [-0.15, -0.1) is 12.4 Å². The summed E-state index contributed by atoms with van der Waals surface area (Å²) in [7, 11) is 1.32. The minimum atomic E-state index is -4.54. The zero-order chi connectivity index (χ0) is 29.2. The van der Waals surface area contributed by atoms with Crippen LogP contribution in [0, 0.1) is 0 Å². The monoisotopic (exact) mass is 617 g/mol. The molecule has 0 saturated heterocycles. The molecule has 0 heterocycles. The Hall–Kier alpha value is -3.52. The van der Waals surface area contributed by atoms with Gasteiger partial charge in [0.25, 0.3) is 0 Å². The van der Waals surface area contributed by atoms with Crippen molar-refractivity contribution in [3.05, 3.63) is 136 Å². The summed E-state index contributed by atoms with van der Waals surface area (Å²) in [5, 5.41) is -0.281. The van der Waals surface area contributed by atoms with E-state index in [1.165, 1.54) is 13.2 Å². The van der Waals surface area contributed by atoms with Crippen LogP contribution < -0.4 is 4.74 Å². The first-order chi connectivity index (χ1) is 19.8. The van der Waals surface area contributed by atoms with Crippen LogP contribution in [0.25, 0.3) is 0 Å². The summed E-state index contributed by atoms with van der Waals surface area (Å²) < 4.78 is 51.4. The van der Waals surface area contributed by atoms with Crippen LogP contribution in [-0.2, 0) is 17.5 Å². The fraction of sp³-hybridized carbons (Fsp3) is 0.242. The molecule has 0 N–H and O–H groups in total. The minimum Gasteiger partial charge on any atom is -0.494 e. The molecule has 0 unspecified atom stereocenters. The Morgan fingerprint density at radius 3 is 2.10 bits per heavy atom. The van der Waals surface area contributed by atoms with Gasteiger partial charge in [-0.3, -0.25) is 4.90 Å². The van der Waals surface area contributed by atoms with E-state index in [0.29, 0.717) is 43.0 Å². The van der Waals surface area contributed by atoms with Crippen molar-refractivity contribution in [3.63, 3.8) is 0 Å². The van der Waals surface area contributed by atoms with E-state index >= 15 is 0 Å². The highest BCUT2D eigenvalue weighted by molar-refractivity contribution is 6.32. The van der Waals surface area contributed by atoms with Gasteiger partial charge in [-0.25, -0.2) is 4.79 Å². The predicted molar refractivity (Wildman–Crippen MR) is 162 cm³/mol. The van der Waals surface area contributed by atoms with Gasteiger partial charge in [0.15, 0.2) is 0 Å². The first-order valence-electron chi connectivity index (χ1n) is 13.2. The summed E-state index contributed by atoms with van der Waals surface area (Å²) in [5.74, 6) is 0.0684. The van der Waals surface area contributed by atoms with Crippen molar-refractivity contribution in [2.75, 3.05) is 26.8 Å². The van der Waals surface area contributed by atoms with Crippen molar-refractivity contribution in [2.45, 2.75) is 25.1 Å². The van der Waals surface area contributed by atoms with Gasteiger partial charge in [-0.2, -0.15) is 13.2 Å². The van der Waals surface area contributed by atoms with E-state index in [9.17, 15) is 18.0 Å². The van der Waals surface area contributed by atoms with E-state index in [1.54, 1.807) is 30.3 Å². The number of rotatable bonds is 12. The van der Waals surface area contributed by atoms with Crippen molar-refractivity contribution in [1.82, 2.24) is 4.90 Å². The number of hydrogen-bond acceptors (Lipinski definition) is 4. The molecule has 0 fully saturated rings. The van der Waals surface area contributed by atoms with Crippen LogP contribution >= 0.6 is 24.0 Å². The first-order valence-corrected chi connectivity index (χ1v) is 13.6. The Morgan fingerprint density at radius 1 is 0.881 bits per heavy atom. The quantitative estimate of drug-likeness (QED) is 0.118. The Bertz CT molecular complexity index is 1380. The predicted octanol–water partition coefficient (Wildman–Crippen LogP) is 8.67. The highest BCUT2D eigenvalue weighted by Gasteiger charge is 2.34. The summed E-state index contributed by atoms with van der Waals surface area (Å²) in [6.07, 6.45) is -3.95. The van der Waals surface area contributed by atoms with Crippen molar-refractivity contribution in [3.8, 4) is 5.75 Å². The summed E-state index contributed by atoms with van der Waals surface area (Å²) in [5.41, 5.74) is 2.17. The molecule has 222 valence electrons. The Balaban J connectivity index is 0.00000484. The molecular weight excluding hydrogens is 586 g/mol. The number of carbonyl (C=O) groups excluding carboxylic acids is 1. The molecule has 0 atom stereocenters. The summed E-state index contributed by atoms with van der Waals surface area (Å²) in [6.45, 7) is 1.67. The van der Waals surface area contributed by atoms with Gasteiger partial charge in [0, 0.05) is 25.6 Å². The normalized spacial score (nSPS) is 11.3. The minimum absolute atomic E-state index is 0. The Morgan fingerprint density at radius 2 is 1.50 bits per heavy atom. The van der Waals surface area contributed by atoms with E-state index < -0.39 is 17.7 Å². The number of methoxy groups -OCH3 is 1. The molecule has 0 bridgehead atoms. The van der Waals surface area contributed by atoms with Gasteiger partial charge < -0.3 is 9.47 Å². The molecule has 4 aromatic rings. The molecule has 0 aliphatic carbocycles. The Labute approximate surface area is 255 Å². The number of nitrogens with zero attached hydrogens (tertiary/aromatic N) is 1. The molecule has 9 heteroatoms. The SMILES string of the molecule is COC(=O)c1cccc(OCCCN(Cc2cccc(C(F)(F)F)c2Cl)CC(c2ccccc2)c2ccccc2)c1.Cl. The van der Waals surface area contributed by atoms with Crippen LogP contribution in [0.15, 0.2) is 103 Å². The van der Waals surface area contributed by atoms with Gasteiger partial charge >= 0.3 is 12.1 Å². The van der Waals surface area contributed by atoms with E-state index in [0.717, 1.165) is 17.2 Å². The number of hydrogen-bond donors (Lipinski definition) is 0. The van der Waals surface area contributed by atoms with Crippen molar-refractivity contribution in [1.29, 1.82) is 0 Å².